The first-order valence-electron chi connectivity index (χ1n) is 3.28. The summed E-state index contributed by atoms with van der Waals surface area (Å²) in [6.07, 6.45) is 1.27. The maximum absolute atomic E-state index is 10.6. The fraction of sp³-hybridized carbons (Fsp3) is 0.571. The minimum Gasteiger partial charge on any atom is -0.349 e. The number of nitrogens with one attached hydrogen (secondary N) is 2. The standard InChI is InChI=1S/C7H14N2O/c1-4-7(10)9-6(2)5-8-3/h4,6,8H,1,5H2,2-3H3,(H,9,10). The van der Waals surface area contributed by atoms with Crippen LogP contribution in [-0.4, -0.2) is 25.5 Å². The number of likely N-dealkylation sites (N-methyl/N-ethyl adjacent to an activating group) is 1. The zero-order chi connectivity index (χ0) is 7.98. The minimum absolute atomic E-state index is 0.122. The van der Waals surface area contributed by atoms with Crippen LogP contribution < -0.4 is 10.6 Å². The molecule has 0 aliphatic carbocycles. The molecule has 0 aromatic heterocycles. The first-order chi connectivity index (χ1) is 4.70. The molecule has 0 aromatic carbocycles. The van der Waals surface area contributed by atoms with Gasteiger partial charge in [0.25, 0.3) is 0 Å². The van der Waals surface area contributed by atoms with E-state index in [4.69, 9.17) is 0 Å². The molecule has 3 nitrogen and oxygen atoms in total. The lowest BCUT2D eigenvalue weighted by molar-refractivity contribution is -0.117. The summed E-state index contributed by atoms with van der Waals surface area (Å²) in [6.45, 7) is 6.05. The second-order valence-corrected chi connectivity index (χ2v) is 2.17. The van der Waals surface area contributed by atoms with Crippen LogP contribution >= 0.6 is 0 Å². The maximum atomic E-state index is 10.6. The Morgan fingerprint density at radius 1 is 1.80 bits per heavy atom. The van der Waals surface area contributed by atoms with Crippen molar-refractivity contribution in [2.45, 2.75) is 13.0 Å². The van der Waals surface area contributed by atoms with Crippen LogP contribution in [0.4, 0.5) is 0 Å². The van der Waals surface area contributed by atoms with Gasteiger partial charge in [-0.2, -0.15) is 0 Å². The normalized spacial score (nSPS) is 12.2. The third kappa shape index (κ3) is 4.09. The predicted octanol–water partition coefficient (Wildman–Crippen LogP) is -0.103. The van der Waals surface area contributed by atoms with Gasteiger partial charge in [0.2, 0.25) is 5.91 Å². The first kappa shape index (κ1) is 9.17. The van der Waals surface area contributed by atoms with Gasteiger partial charge >= 0.3 is 0 Å². The molecule has 1 unspecified atom stereocenters. The lowest BCUT2D eigenvalue weighted by atomic mass is 10.3. The van der Waals surface area contributed by atoms with Crippen LogP contribution in [0.1, 0.15) is 6.92 Å². The highest BCUT2D eigenvalue weighted by molar-refractivity contribution is 5.87. The van der Waals surface area contributed by atoms with E-state index in [0.29, 0.717) is 0 Å². The van der Waals surface area contributed by atoms with Gasteiger partial charge in [0.05, 0.1) is 0 Å². The van der Waals surface area contributed by atoms with Crippen molar-refractivity contribution >= 4 is 5.91 Å². The molecule has 0 saturated heterocycles. The molecule has 0 fully saturated rings. The second-order valence-electron chi connectivity index (χ2n) is 2.17. The number of hydrogen-bond donors (Lipinski definition) is 2. The lowest BCUT2D eigenvalue weighted by Gasteiger charge is -2.10. The predicted molar refractivity (Wildman–Crippen MR) is 41.7 cm³/mol. The van der Waals surface area contributed by atoms with E-state index < -0.39 is 0 Å². The smallest absolute Gasteiger partial charge is 0.243 e. The number of carbonyl (C=O) groups is 1. The van der Waals surface area contributed by atoms with Crippen molar-refractivity contribution in [3.8, 4) is 0 Å². The third-order valence-electron chi connectivity index (χ3n) is 1.08. The summed E-state index contributed by atoms with van der Waals surface area (Å²) in [6, 6.07) is 0.162. The Morgan fingerprint density at radius 2 is 2.40 bits per heavy atom. The number of amides is 1. The molecule has 0 aliphatic rings. The molecule has 2 N–H and O–H groups in total. The van der Waals surface area contributed by atoms with E-state index in [1.165, 1.54) is 6.08 Å². The quantitative estimate of drug-likeness (QED) is 0.538. The average Bonchev–Trinajstić information content (AvgIpc) is 1.88. The third-order valence-corrected chi connectivity index (χ3v) is 1.08. The van der Waals surface area contributed by atoms with Crippen molar-refractivity contribution in [3.63, 3.8) is 0 Å². The zero-order valence-corrected chi connectivity index (χ0v) is 6.48. The van der Waals surface area contributed by atoms with E-state index in [0.717, 1.165) is 6.54 Å². The molecule has 0 aliphatic heterocycles. The molecule has 0 radical (unpaired) electrons. The summed E-state index contributed by atoms with van der Waals surface area (Å²) < 4.78 is 0. The van der Waals surface area contributed by atoms with Crippen LogP contribution in [0.5, 0.6) is 0 Å². The Balaban J connectivity index is 3.46. The van der Waals surface area contributed by atoms with Gasteiger partial charge in [0, 0.05) is 12.6 Å². The summed E-state index contributed by atoms with van der Waals surface area (Å²) in [5.41, 5.74) is 0. The maximum Gasteiger partial charge on any atom is 0.243 e. The summed E-state index contributed by atoms with van der Waals surface area (Å²) in [5, 5.41) is 5.66. The highest BCUT2D eigenvalue weighted by atomic mass is 16.1. The van der Waals surface area contributed by atoms with Gasteiger partial charge < -0.3 is 10.6 Å². The second kappa shape index (κ2) is 4.99. The zero-order valence-electron chi connectivity index (χ0n) is 6.48. The van der Waals surface area contributed by atoms with Gasteiger partial charge in [-0.15, -0.1) is 0 Å². The first-order valence-corrected chi connectivity index (χ1v) is 3.28. The van der Waals surface area contributed by atoms with Crippen LogP contribution in [0.15, 0.2) is 12.7 Å². The van der Waals surface area contributed by atoms with Gasteiger partial charge in [-0.1, -0.05) is 6.58 Å². The van der Waals surface area contributed by atoms with Gasteiger partial charge in [-0.25, -0.2) is 0 Å². The molecule has 0 heterocycles. The van der Waals surface area contributed by atoms with E-state index >= 15 is 0 Å². The van der Waals surface area contributed by atoms with Crippen LogP contribution in [-0.2, 0) is 4.79 Å². The summed E-state index contributed by atoms with van der Waals surface area (Å²) >= 11 is 0. The number of hydrogen-bond acceptors (Lipinski definition) is 2. The fourth-order valence-corrected chi connectivity index (χ4v) is 0.659. The van der Waals surface area contributed by atoms with Gasteiger partial charge in [0.15, 0.2) is 0 Å². The average molecular weight is 142 g/mol. The number of carbonyl (C=O) groups excluding carboxylic acids is 1. The fourth-order valence-electron chi connectivity index (χ4n) is 0.659. The van der Waals surface area contributed by atoms with E-state index in [9.17, 15) is 4.79 Å². The Labute approximate surface area is 61.5 Å². The molecule has 58 valence electrons. The van der Waals surface area contributed by atoms with Crippen molar-refractivity contribution in [1.29, 1.82) is 0 Å². The highest BCUT2D eigenvalue weighted by Gasteiger charge is 2.00. The molecule has 0 aromatic rings. The molecular formula is C7H14N2O. The molecule has 0 spiro atoms. The highest BCUT2D eigenvalue weighted by Crippen LogP contribution is 1.77. The van der Waals surface area contributed by atoms with E-state index in [-0.39, 0.29) is 11.9 Å². The summed E-state index contributed by atoms with van der Waals surface area (Å²) in [7, 11) is 1.84. The molecule has 0 rings (SSSR count). The summed E-state index contributed by atoms with van der Waals surface area (Å²) in [5.74, 6) is -0.122. The molecule has 1 atom stereocenters. The van der Waals surface area contributed by atoms with Crippen LogP contribution in [0.3, 0.4) is 0 Å². The largest absolute Gasteiger partial charge is 0.349 e. The van der Waals surface area contributed by atoms with Gasteiger partial charge in [0.1, 0.15) is 0 Å². The van der Waals surface area contributed by atoms with Gasteiger partial charge in [-0.05, 0) is 20.0 Å². The van der Waals surface area contributed by atoms with E-state index in [2.05, 4.69) is 17.2 Å². The monoisotopic (exact) mass is 142 g/mol. The van der Waals surface area contributed by atoms with Crippen LogP contribution in [0.25, 0.3) is 0 Å². The van der Waals surface area contributed by atoms with Crippen molar-refractivity contribution in [2.24, 2.45) is 0 Å². The van der Waals surface area contributed by atoms with Gasteiger partial charge in [-0.3, -0.25) is 4.79 Å². The Morgan fingerprint density at radius 3 is 2.80 bits per heavy atom. The van der Waals surface area contributed by atoms with Crippen LogP contribution in [0.2, 0.25) is 0 Å². The van der Waals surface area contributed by atoms with E-state index in [1.807, 2.05) is 14.0 Å². The summed E-state index contributed by atoms with van der Waals surface area (Å²) in [4.78, 5) is 10.6. The molecule has 10 heavy (non-hydrogen) atoms. The molecular weight excluding hydrogens is 128 g/mol. The van der Waals surface area contributed by atoms with Crippen molar-refractivity contribution in [3.05, 3.63) is 12.7 Å². The molecule has 1 amide bonds. The molecule has 0 saturated carbocycles. The Kier molecular flexibility index (Phi) is 4.58. The lowest BCUT2D eigenvalue weighted by Crippen LogP contribution is -2.37. The Hall–Kier alpha value is -0.830. The van der Waals surface area contributed by atoms with Crippen LogP contribution in [0, 0.1) is 0 Å². The molecule has 3 heteroatoms. The molecule has 0 bridgehead atoms. The SMILES string of the molecule is C=CC(=O)NC(C)CNC. The topological polar surface area (TPSA) is 41.1 Å². The van der Waals surface area contributed by atoms with Crippen molar-refractivity contribution in [1.82, 2.24) is 10.6 Å². The minimum atomic E-state index is -0.122. The van der Waals surface area contributed by atoms with Crippen molar-refractivity contribution in [2.75, 3.05) is 13.6 Å². The Bertz CT molecular complexity index is 123. The number of rotatable bonds is 4. The van der Waals surface area contributed by atoms with Crippen molar-refractivity contribution < 1.29 is 4.79 Å². The van der Waals surface area contributed by atoms with E-state index in [1.54, 1.807) is 0 Å².